The molecule has 0 spiro atoms. The second kappa shape index (κ2) is 6.21. The number of benzene rings is 2. The number of methoxy groups -OCH3 is 2. The summed E-state index contributed by atoms with van der Waals surface area (Å²) in [6, 6.07) is 9.20. The number of hydrogen-bond acceptors (Lipinski definition) is 5. The van der Waals surface area contributed by atoms with Crippen LogP contribution in [0.2, 0.25) is 0 Å². The lowest BCUT2D eigenvalue weighted by molar-refractivity contribution is 0.102. The van der Waals surface area contributed by atoms with Crippen molar-refractivity contribution in [1.29, 1.82) is 0 Å². The Balaban J connectivity index is 1.88. The minimum atomic E-state index is -0.357. The number of fused-ring (bicyclic) bond motifs is 1. The minimum absolute atomic E-state index is 0.337. The maximum atomic E-state index is 13.2. The van der Waals surface area contributed by atoms with E-state index in [4.69, 9.17) is 9.47 Å². The summed E-state index contributed by atoms with van der Waals surface area (Å²) in [4.78, 5) is 16.7. The molecule has 0 aliphatic rings. The SMILES string of the molecule is COc1ccc(C(=O)Nc2nc3ccc(F)cc3s2)c(OC)c1. The number of ether oxygens (including phenoxy) is 2. The molecule has 3 aromatic rings. The fraction of sp³-hybridized carbons (Fsp3) is 0.125. The summed E-state index contributed by atoms with van der Waals surface area (Å²) in [5.41, 5.74) is 0.993. The largest absolute Gasteiger partial charge is 0.497 e. The van der Waals surface area contributed by atoms with Crippen molar-refractivity contribution in [2.75, 3.05) is 19.5 Å². The zero-order chi connectivity index (χ0) is 16.4. The average Bonchev–Trinajstić information content (AvgIpc) is 2.95. The predicted molar refractivity (Wildman–Crippen MR) is 87.1 cm³/mol. The number of carbonyl (C=O) groups excluding carboxylic acids is 1. The highest BCUT2D eigenvalue weighted by Crippen LogP contribution is 2.29. The summed E-state index contributed by atoms with van der Waals surface area (Å²) in [6.07, 6.45) is 0. The molecule has 0 radical (unpaired) electrons. The molecule has 0 saturated carbocycles. The Hall–Kier alpha value is -2.67. The van der Waals surface area contributed by atoms with Gasteiger partial charge in [0, 0.05) is 6.07 Å². The van der Waals surface area contributed by atoms with Crippen LogP contribution in [0.15, 0.2) is 36.4 Å². The van der Waals surface area contributed by atoms with E-state index in [1.165, 1.54) is 37.7 Å². The molecule has 0 fully saturated rings. The molecule has 7 heteroatoms. The van der Waals surface area contributed by atoms with Crippen molar-refractivity contribution in [2.24, 2.45) is 0 Å². The first kappa shape index (κ1) is 15.2. The van der Waals surface area contributed by atoms with Gasteiger partial charge in [0.1, 0.15) is 17.3 Å². The molecule has 1 N–H and O–H groups in total. The van der Waals surface area contributed by atoms with Gasteiger partial charge in [-0.2, -0.15) is 0 Å². The third-order valence-electron chi connectivity index (χ3n) is 3.22. The quantitative estimate of drug-likeness (QED) is 0.791. The van der Waals surface area contributed by atoms with Gasteiger partial charge in [-0.3, -0.25) is 10.1 Å². The van der Waals surface area contributed by atoms with Gasteiger partial charge in [-0.25, -0.2) is 9.37 Å². The number of nitrogens with one attached hydrogen (secondary N) is 1. The maximum Gasteiger partial charge on any atom is 0.261 e. The van der Waals surface area contributed by atoms with Gasteiger partial charge in [-0.1, -0.05) is 11.3 Å². The summed E-state index contributed by atoms with van der Waals surface area (Å²) in [6.45, 7) is 0. The van der Waals surface area contributed by atoms with Crippen LogP contribution in [0.4, 0.5) is 9.52 Å². The van der Waals surface area contributed by atoms with Crippen LogP contribution in [0.25, 0.3) is 10.2 Å². The summed E-state index contributed by atoms with van der Waals surface area (Å²) in [5, 5.41) is 3.10. The van der Waals surface area contributed by atoms with Gasteiger partial charge >= 0.3 is 0 Å². The van der Waals surface area contributed by atoms with E-state index in [0.29, 0.717) is 32.4 Å². The Bertz CT molecular complexity index is 879. The average molecular weight is 332 g/mol. The first-order valence-electron chi connectivity index (χ1n) is 6.70. The van der Waals surface area contributed by atoms with Crippen molar-refractivity contribution in [2.45, 2.75) is 0 Å². The second-order valence-corrected chi connectivity index (χ2v) is 5.68. The smallest absolute Gasteiger partial charge is 0.261 e. The van der Waals surface area contributed by atoms with Crippen LogP contribution in [-0.2, 0) is 0 Å². The van der Waals surface area contributed by atoms with Gasteiger partial charge in [0.25, 0.3) is 5.91 Å². The molecule has 118 valence electrons. The highest BCUT2D eigenvalue weighted by molar-refractivity contribution is 7.22. The van der Waals surface area contributed by atoms with Crippen LogP contribution in [0.3, 0.4) is 0 Å². The van der Waals surface area contributed by atoms with Crippen molar-refractivity contribution in [3.63, 3.8) is 0 Å². The normalized spacial score (nSPS) is 10.6. The van der Waals surface area contributed by atoms with Gasteiger partial charge in [0.05, 0.1) is 30.0 Å². The number of carbonyl (C=O) groups is 1. The first-order chi connectivity index (χ1) is 11.1. The molecule has 2 aromatic carbocycles. The topological polar surface area (TPSA) is 60.5 Å². The van der Waals surface area contributed by atoms with E-state index in [9.17, 15) is 9.18 Å². The molecule has 0 saturated heterocycles. The van der Waals surface area contributed by atoms with E-state index >= 15 is 0 Å². The first-order valence-corrected chi connectivity index (χ1v) is 7.52. The van der Waals surface area contributed by atoms with Crippen molar-refractivity contribution in [3.05, 3.63) is 47.8 Å². The van der Waals surface area contributed by atoms with Crippen molar-refractivity contribution in [3.8, 4) is 11.5 Å². The molecule has 1 aromatic heterocycles. The molecule has 0 bridgehead atoms. The van der Waals surface area contributed by atoms with Crippen LogP contribution >= 0.6 is 11.3 Å². The van der Waals surface area contributed by atoms with E-state index in [1.807, 2.05) is 0 Å². The van der Waals surface area contributed by atoms with Crippen molar-refractivity contribution < 1.29 is 18.7 Å². The van der Waals surface area contributed by atoms with Crippen LogP contribution in [0.1, 0.15) is 10.4 Å². The van der Waals surface area contributed by atoms with E-state index in [1.54, 1.807) is 24.3 Å². The summed E-state index contributed by atoms with van der Waals surface area (Å²) < 4.78 is 24.2. The Labute approximate surface area is 135 Å². The standard InChI is InChI=1S/C16H13FN2O3S/c1-21-10-4-5-11(13(8-10)22-2)15(20)19-16-18-12-6-3-9(17)7-14(12)23-16/h3-8H,1-2H3,(H,18,19,20). The van der Waals surface area contributed by atoms with Crippen molar-refractivity contribution in [1.82, 2.24) is 4.98 Å². The van der Waals surface area contributed by atoms with Gasteiger partial charge in [-0.15, -0.1) is 0 Å². The number of anilines is 1. The van der Waals surface area contributed by atoms with Crippen molar-refractivity contribution >= 4 is 32.6 Å². The van der Waals surface area contributed by atoms with Crippen LogP contribution in [0, 0.1) is 5.82 Å². The number of aromatic nitrogens is 1. The van der Waals surface area contributed by atoms with E-state index < -0.39 is 0 Å². The van der Waals surface area contributed by atoms with Crippen LogP contribution in [-0.4, -0.2) is 25.1 Å². The second-order valence-electron chi connectivity index (χ2n) is 4.65. The summed E-state index contributed by atoms with van der Waals surface area (Å²) in [7, 11) is 3.01. The molecule has 23 heavy (non-hydrogen) atoms. The maximum absolute atomic E-state index is 13.2. The van der Waals surface area contributed by atoms with E-state index in [2.05, 4.69) is 10.3 Å². The molecule has 0 atom stereocenters. The highest BCUT2D eigenvalue weighted by Gasteiger charge is 2.15. The molecular formula is C16H13FN2O3S. The third-order valence-corrected chi connectivity index (χ3v) is 4.16. The van der Waals surface area contributed by atoms with Crippen LogP contribution < -0.4 is 14.8 Å². The van der Waals surface area contributed by atoms with Gasteiger partial charge < -0.3 is 9.47 Å². The molecule has 5 nitrogen and oxygen atoms in total. The monoisotopic (exact) mass is 332 g/mol. The van der Waals surface area contributed by atoms with Gasteiger partial charge in [0.2, 0.25) is 0 Å². The molecule has 0 unspecified atom stereocenters. The fourth-order valence-corrected chi connectivity index (χ4v) is 2.99. The zero-order valence-corrected chi connectivity index (χ0v) is 13.2. The Kier molecular flexibility index (Phi) is 4.12. The molecule has 3 rings (SSSR count). The van der Waals surface area contributed by atoms with Gasteiger partial charge in [0.15, 0.2) is 5.13 Å². The minimum Gasteiger partial charge on any atom is -0.497 e. The molecule has 0 aliphatic heterocycles. The molecular weight excluding hydrogens is 319 g/mol. The lowest BCUT2D eigenvalue weighted by atomic mass is 10.2. The lowest BCUT2D eigenvalue weighted by Crippen LogP contribution is -2.13. The predicted octanol–water partition coefficient (Wildman–Crippen LogP) is 3.70. The lowest BCUT2D eigenvalue weighted by Gasteiger charge is -2.09. The molecule has 1 heterocycles. The summed E-state index contributed by atoms with van der Waals surface area (Å²) in [5.74, 6) is 0.294. The Morgan fingerprint density at radius 1 is 1.17 bits per heavy atom. The number of amides is 1. The number of rotatable bonds is 4. The number of hydrogen-bond donors (Lipinski definition) is 1. The Morgan fingerprint density at radius 2 is 2.00 bits per heavy atom. The number of thiazole rings is 1. The van der Waals surface area contributed by atoms with E-state index in [-0.39, 0.29) is 11.7 Å². The van der Waals surface area contributed by atoms with Gasteiger partial charge in [-0.05, 0) is 30.3 Å². The zero-order valence-electron chi connectivity index (χ0n) is 12.4. The van der Waals surface area contributed by atoms with Crippen LogP contribution in [0.5, 0.6) is 11.5 Å². The fourth-order valence-electron chi connectivity index (χ4n) is 2.10. The Morgan fingerprint density at radius 3 is 2.74 bits per heavy atom. The highest BCUT2D eigenvalue weighted by atomic mass is 32.1. The molecule has 1 amide bonds. The number of nitrogens with zero attached hydrogens (tertiary/aromatic N) is 1. The van der Waals surface area contributed by atoms with E-state index in [0.717, 1.165) is 0 Å². The third kappa shape index (κ3) is 3.09. The molecule has 0 aliphatic carbocycles. The summed E-state index contributed by atoms with van der Waals surface area (Å²) >= 11 is 1.21. The number of halogens is 1.